The zero-order chi connectivity index (χ0) is 24.0. The number of rotatable bonds is 8. The van der Waals surface area contributed by atoms with Gasteiger partial charge in [0.1, 0.15) is 5.00 Å². The van der Waals surface area contributed by atoms with Gasteiger partial charge in [0.2, 0.25) is 5.91 Å². The molecule has 0 radical (unpaired) electrons. The van der Waals surface area contributed by atoms with Crippen LogP contribution in [0, 0.1) is 11.3 Å². The topological polar surface area (TPSA) is 81.7 Å². The summed E-state index contributed by atoms with van der Waals surface area (Å²) in [5.41, 5.74) is 2.72. The first-order valence-electron chi connectivity index (χ1n) is 11.4. The Hall–Kier alpha value is -2.67. The minimum absolute atomic E-state index is 0.00202. The number of hydrogen-bond acceptors (Lipinski definition) is 6. The van der Waals surface area contributed by atoms with E-state index >= 15 is 0 Å². The van der Waals surface area contributed by atoms with Crippen molar-refractivity contribution in [3.8, 4) is 0 Å². The van der Waals surface area contributed by atoms with Gasteiger partial charge >= 0.3 is 11.9 Å². The summed E-state index contributed by atoms with van der Waals surface area (Å²) in [6, 6.07) is 9.77. The van der Waals surface area contributed by atoms with Crippen LogP contribution in [0.15, 0.2) is 30.3 Å². The van der Waals surface area contributed by atoms with Crippen molar-refractivity contribution < 1.29 is 23.9 Å². The van der Waals surface area contributed by atoms with Crippen LogP contribution in [0.2, 0.25) is 0 Å². The number of carbonyl (C=O) groups excluding carboxylic acids is 3. The molecule has 6 nitrogen and oxygen atoms in total. The summed E-state index contributed by atoms with van der Waals surface area (Å²) < 4.78 is 10.2. The van der Waals surface area contributed by atoms with Gasteiger partial charge in [0.25, 0.3) is 0 Å². The van der Waals surface area contributed by atoms with Crippen LogP contribution in [0.25, 0.3) is 0 Å². The first kappa shape index (κ1) is 25.0. The molecule has 1 unspecified atom stereocenters. The Kier molecular flexibility index (Phi) is 8.30. The van der Waals surface area contributed by atoms with Crippen molar-refractivity contribution in [3.63, 3.8) is 0 Å². The second-order valence-electron chi connectivity index (χ2n) is 9.51. The highest BCUT2D eigenvalue weighted by Crippen LogP contribution is 2.44. The molecule has 0 fully saturated rings. The van der Waals surface area contributed by atoms with Crippen LogP contribution in [0.3, 0.4) is 0 Å². The number of ether oxygens (including phenoxy) is 2. The molecule has 0 saturated carbocycles. The number of thiophene rings is 1. The Morgan fingerprint density at radius 1 is 1.12 bits per heavy atom. The Labute approximate surface area is 199 Å². The summed E-state index contributed by atoms with van der Waals surface area (Å²) in [4.78, 5) is 38.2. The van der Waals surface area contributed by atoms with Gasteiger partial charge in [0, 0.05) is 17.7 Å². The zero-order valence-electron chi connectivity index (χ0n) is 19.9. The number of carbonyl (C=O) groups is 3. The largest absolute Gasteiger partial charge is 0.465 e. The Morgan fingerprint density at radius 2 is 1.85 bits per heavy atom. The summed E-state index contributed by atoms with van der Waals surface area (Å²) in [6.45, 7) is 6.99. The van der Waals surface area contributed by atoms with Gasteiger partial charge < -0.3 is 14.8 Å². The van der Waals surface area contributed by atoms with Crippen LogP contribution in [-0.4, -0.2) is 31.6 Å². The fraction of sp³-hybridized carbons (Fsp3) is 0.500. The molecule has 178 valence electrons. The molecule has 0 aliphatic heterocycles. The van der Waals surface area contributed by atoms with Gasteiger partial charge in [-0.05, 0) is 41.7 Å². The standard InChI is InChI=1S/C26H33NO5S/c1-26(2,3)18-10-11-19-20(16-18)33-24(23(19)25(30)31-4)27-21(28)12-13-22(29)32-15-14-17-8-6-5-7-9-17/h5-9,18H,10-16H2,1-4H3,(H,27,28). The minimum atomic E-state index is -0.433. The van der Waals surface area contributed by atoms with Gasteiger partial charge in [-0.1, -0.05) is 51.1 Å². The predicted molar refractivity (Wildman–Crippen MR) is 130 cm³/mol. The summed E-state index contributed by atoms with van der Waals surface area (Å²) in [5, 5.41) is 3.36. The van der Waals surface area contributed by atoms with Gasteiger partial charge in [0.05, 0.1) is 25.7 Å². The van der Waals surface area contributed by atoms with Gasteiger partial charge in [-0.3, -0.25) is 9.59 Å². The third-order valence-corrected chi connectivity index (χ3v) is 7.36. The van der Waals surface area contributed by atoms with E-state index in [9.17, 15) is 14.4 Å². The van der Waals surface area contributed by atoms with Gasteiger partial charge in [-0.2, -0.15) is 0 Å². The average Bonchev–Trinajstić information content (AvgIpc) is 3.14. The number of methoxy groups -OCH3 is 1. The Morgan fingerprint density at radius 3 is 2.52 bits per heavy atom. The summed E-state index contributed by atoms with van der Waals surface area (Å²) >= 11 is 1.45. The second-order valence-corrected chi connectivity index (χ2v) is 10.6. The van der Waals surface area contributed by atoms with Crippen LogP contribution in [0.1, 0.15) is 66.4 Å². The molecule has 33 heavy (non-hydrogen) atoms. The number of amides is 1. The van der Waals surface area contributed by atoms with Gasteiger partial charge in [-0.25, -0.2) is 4.79 Å². The quantitative estimate of drug-likeness (QED) is 0.536. The molecule has 1 heterocycles. The number of benzene rings is 1. The second kappa shape index (κ2) is 11.0. The predicted octanol–water partition coefficient (Wildman–Crippen LogP) is 5.19. The number of fused-ring (bicyclic) bond motifs is 1. The number of anilines is 1. The van der Waals surface area contributed by atoms with Crippen LogP contribution < -0.4 is 5.32 Å². The van der Waals surface area contributed by atoms with Crippen LogP contribution >= 0.6 is 11.3 Å². The monoisotopic (exact) mass is 471 g/mol. The lowest BCUT2D eigenvalue weighted by molar-refractivity contribution is -0.144. The lowest BCUT2D eigenvalue weighted by atomic mass is 9.72. The third kappa shape index (κ3) is 6.67. The maximum absolute atomic E-state index is 12.5. The maximum Gasteiger partial charge on any atom is 0.341 e. The molecule has 7 heteroatoms. The Bertz CT molecular complexity index is 990. The van der Waals surface area contributed by atoms with Gasteiger partial charge in [0.15, 0.2) is 0 Å². The first-order chi connectivity index (χ1) is 15.7. The summed E-state index contributed by atoms with van der Waals surface area (Å²) in [5.74, 6) is -0.639. The minimum Gasteiger partial charge on any atom is -0.465 e. The molecular formula is C26H33NO5S. The maximum atomic E-state index is 12.5. The molecule has 1 aliphatic carbocycles. The molecule has 0 spiro atoms. The van der Waals surface area contributed by atoms with E-state index in [1.54, 1.807) is 0 Å². The van der Waals surface area contributed by atoms with Crippen LogP contribution in [0.5, 0.6) is 0 Å². The Balaban J connectivity index is 1.57. The van der Waals surface area contributed by atoms with Gasteiger partial charge in [-0.15, -0.1) is 11.3 Å². The fourth-order valence-corrected chi connectivity index (χ4v) is 5.47. The lowest BCUT2D eigenvalue weighted by Gasteiger charge is -2.33. The molecule has 2 aromatic rings. The van der Waals surface area contributed by atoms with E-state index in [4.69, 9.17) is 9.47 Å². The van der Waals surface area contributed by atoms with Crippen molar-refractivity contribution in [3.05, 3.63) is 51.9 Å². The highest BCUT2D eigenvalue weighted by Gasteiger charge is 2.34. The first-order valence-corrected chi connectivity index (χ1v) is 12.2. The third-order valence-electron chi connectivity index (χ3n) is 6.19. The number of hydrogen-bond donors (Lipinski definition) is 1. The van der Waals surface area contributed by atoms with E-state index in [-0.39, 0.29) is 30.8 Å². The number of esters is 2. The lowest BCUT2D eigenvalue weighted by Crippen LogP contribution is -2.26. The highest BCUT2D eigenvalue weighted by atomic mass is 32.1. The van der Waals surface area contributed by atoms with E-state index in [0.717, 1.165) is 35.3 Å². The van der Waals surface area contributed by atoms with Crippen molar-refractivity contribution >= 4 is 34.2 Å². The van der Waals surface area contributed by atoms with Crippen molar-refractivity contribution in [1.82, 2.24) is 0 Å². The molecule has 0 bridgehead atoms. The molecular weight excluding hydrogens is 438 g/mol. The highest BCUT2D eigenvalue weighted by molar-refractivity contribution is 7.17. The van der Waals surface area contributed by atoms with Crippen LogP contribution in [-0.2, 0) is 38.3 Å². The normalized spacial score (nSPS) is 15.5. The molecule has 1 aliphatic rings. The van der Waals surface area contributed by atoms with Crippen molar-refractivity contribution in [2.24, 2.45) is 11.3 Å². The zero-order valence-corrected chi connectivity index (χ0v) is 20.7. The molecule has 1 N–H and O–H groups in total. The van der Waals surface area contributed by atoms with E-state index < -0.39 is 11.9 Å². The molecule has 1 aromatic carbocycles. The number of nitrogens with one attached hydrogen (secondary N) is 1. The van der Waals surface area contributed by atoms with Crippen molar-refractivity contribution in [2.45, 2.75) is 59.3 Å². The van der Waals surface area contributed by atoms with E-state index in [0.29, 0.717) is 22.9 Å². The van der Waals surface area contributed by atoms with Crippen molar-refractivity contribution in [1.29, 1.82) is 0 Å². The van der Waals surface area contributed by atoms with Crippen molar-refractivity contribution in [2.75, 3.05) is 19.0 Å². The summed E-state index contributed by atoms with van der Waals surface area (Å²) in [7, 11) is 1.35. The molecule has 0 saturated heterocycles. The average molecular weight is 472 g/mol. The summed E-state index contributed by atoms with van der Waals surface area (Å²) in [6.07, 6.45) is 3.30. The SMILES string of the molecule is COC(=O)c1c(NC(=O)CCC(=O)OCCc2ccccc2)sc2c1CCC(C(C)(C)C)C2. The van der Waals surface area contributed by atoms with E-state index in [1.165, 1.54) is 18.4 Å². The molecule has 3 rings (SSSR count). The molecule has 1 atom stereocenters. The van der Waals surface area contributed by atoms with E-state index in [2.05, 4.69) is 26.1 Å². The van der Waals surface area contributed by atoms with E-state index in [1.807, 2.05) is 30.3 Å². The smallest absolute Gasteiger partial charge is 0.341 e. The fourth-order valence-electron chi connectivity index (χ4n) is 4.14. The molecule has 1 aromatic heterocycles. The molecule has 1 amide bonds. The van der Waals surface area contributed by atoms with Crippen LogP contribution in [0.4, 0.5) is 5.00 Å².